The smallest absolute Gasteiger partial charge is 0.407 e. The fourth-order valence-corrected chi connectivity index (χ4v) is 3.55. The minimum absolute atomic E-state index is 0.0185. The molecule has 0 bridgehead atoms. The van der Waals surface area contributed by atoms with Crippen LogP contribution in [0, 0.1) is 5.41 Å². The highest BCUT2D eigenvalue weighted by atomic mass is 16.6. The van der Waals surface area contributed by atoms with Crippen molar-refractivity contribution in [1.29, 1.82) is 0 Å². The summed E-state index contributed by atoms with van der Waals surface area (Å²) in [7, 11) is 0. The zero-order valence-electron chi connectivity index (χ0n) is 16.8. The van der Waals surface area contributed by atoms with Crippen molar-refractivity contribution in [2.24, 2.45) is 5.41 Å². The number of hydrogen-bond donors (Lipinski definition) is 1. The molecule has 0 saturated carbocycles. The van der Waals surface area contributed by atoms with Gasteiger partial charge in [-0.1, -0.05) is 69.3 Å². The van der Waals surface area contributed by atoms with Crippen molar-refractivity contribution < 1.29 is 19.1 Å². The Balaban J connectivity index is 1.63. The van der Waals surface area contributed by atoms with Crippen LogP contribution in [0.2, 0.25) is 0 Å². The number of alkyl carbamates (subject to hydrolysis) is 1. The normalized spacial score (nSPS) is 14.0. The largest absolute Gasteiger partial charge is 0.460 e. The summed E-state index contributed by atoms with van der Waals surface area (Å²) in [5.41, 5.74) is 4.43. The number of benzene rings is 2. The summed E-state index contributed by atoms with van der Waals surface area (Å²) in [6.45, 7) is 7.71. The molecular weight excluding hydrogens is 354 g/mol. The molecule has 1 atom stereocenters. The number of amides is 1. The van der Waals surface area contributed by atoms with Gasteiger partial charge >= 0.3 is 12.1 Å². The second-order valence-electron chi connectivity index (χ2n) is 8.17. The van der Waals surface area contributed by atoms with Crippen molar-refractivity contribution in [2.75, 3.05) is 13.2 Å². The van der Waals surface area contributed by atoms with Crippen molar-refractivity contribution >= 4 is 12.1 Å². The van der Waals surface area contributed by atoms with Gasteiger partial charge in [0.2, 0.25) is 0 Å². The number of carbonyl (C=O) groups is 2. The number of esters is 1. The SMILES string of the molecule is CC(=O)O[C@H](CNC(=O)OCC1c2ccccc2-c2ccccc21)C(C)(C)C. The predicted molar refractivity (Wildman–Crippen MR) is 108 cm³/mol. The maximum Gasteiger partial charge on any atom is 0.407 e. The molecule has 5 heteroatoms. The van der Waals surface area contributed by atoms with Crippen LogP contribution in [0.15, 0.2) is 48.5 Å². The number of rotatable bonds is 5. The first kappa shape index (κ1) is 19.9. The highest BCUT2D eigenvalue weighted by molar-refractivity contribution is 5.79. The summed E-state index contributed by atoms with van der Waals surface area (Å²) in [6.07, 6.45) is -0.936. The summed E-state index contributed by atoms with van der Waals surface area (Å²) < 4.78 is 10.8. The van der Waals surface area contributed by atoms with Crippen LogP contribution >= 0.6 is 0 Å². The molecule has 0 unspecified atom stereocenters. The van der Waals surface area contributed by atoms with Crippen LogP contribution in [0.1, 0.15) is 44.7 Å². The molecule has 1 amide bonds. The van der Waals surface area contributed by atoms with Crippen LogP contribution in [-0.2, 0) is 14.3 Å². The molecule has 0 spiro atoms. The van der Waals surface area contributed by atoms with E-state index < -0.39 is 12.2 Å². The van der Waals surface area contributed by atoms with Gasteiger partial charge in [-0.3, -0.25) is 4.79 Å². The van der Waals surface area contributed by atoms with Gasteiger partial charge in [0.1, 0.15) is 12.7 Å². The minimum Gasteiger partial charge on any atom is -0.460 e. The molecule has 5 nitrogen and oxygen atoms in total. The Bertz CT molecular complexity index is 823. The van der Waals surface area contributed by atoms with Crippen LogP contribution in [0.3, 0.4) is 0 Å². The van der Waals surface area contributed by atoms with Crippen LogP contribution in [0.5, 0.6) is 0 Å². The molecule has 2 aromatic carbocycles. The average molecular weight is 381 g/mol. The van der Waals surface area contributed by atoms with Crippen LogP contribution in [0.4, 0.5) is 4.79 Å². The molecule has 148 valence electrons. The first-order valence-electron chi connectivity index (χ1n) is 9.53. The minimum atomic E-state index is -0.511. The first-order valence-corrected chi connectivity index (χ1v) is 9.53. The maximum absolute atomic E-state index is 12.3. The number of nitrogens with one attached hydrogen (secondary N) is 1. The van der Waals surface area contributed by atoms with Crippen molar-refractivity contribution in [1.82, 2.24) is 5.32 Å². The fraction of sp³-hybridized carbons (Fsp3) is 0.391. The summed E-state index contributed by atoms with van der Waals surface area (Å²) in [6, 6.07) is 16.4. The van der Waals surface area contributed by atoms with E-state index in [-0.39, 0.29) is 30.5 Å². The lowest BCUT2D eigenvalue weighted by Gasteiger charge is -2.30. The average Bonchev–Trinajstić information content (AvgIpc) is 2.96. The molecule has 3 rings (SSSR count). The Morgan fingerprint density at radius 3 is 2.04 bits per heavy atom. The molecule has 0 aliphatic heterocycles. The highest BCUT2D eigenvalue weighted by Crippen LogP contribution is 2.44. The second-order valence-corrected chi connectivity index (χ2v) is 8.17. The van der Waals surface area contributed by atoms with Gasteiger partial charge in [-0.25, -0.2) is 4.79 Å². The molecule has 0 fully saturated rings. The maximum atomic E-state index is 12.3. The Labute approximate surface area is 166 Å². The van der Waals surface area contributed by atoms with E-state index in [1.807, 2.05) is 45.0 Å². The molecule has 0 saturated heterocycles. The van der Waals surface area contributed by atoms with Crippen molar-refractivity contribution in [3.8, 4) is 11.1 Å². The summed E-state index contributed by atoms with van der Waals surface area (Å²) in [5, 5.41) is 2.73. The molecule has 28 heavy (non-hydrogen) atoms. The Hall–Kier alpha value is -2.82. The van der Waals surface area contributed by atoms with E-state index >= 15 is 0 Å². The van der Waals surface area contributed by atoms with Crippen LogP contribution < -0.4 is 5.32 Å². The van der Waals surface area contributed by atoms with Crippen LogP contribution in [-0.4, -0.2) is 31.3 Å². The summed E-state index contributed by atoms with van der Waals surface area (Å²) >= 11 is 0. The third-order valence-electron chi connectivity index (χ3n) is 5.05. The van der Waals surface area contributed by atoms with Gasteiger partial charge in [0.15, 0.2) is 0 Å². The first-order chi connectivity index (χ1) is 13.3. The Morgan fingerprint density at radius 2 is 1.54 bits per heavy atom. The number of hydrogen-bond acceptors (Lipinski definition) is 4. The standard InChI is InChI=1S/C23H27NO4/c1-15(25)28-21(23(2,3)4)13-24-22(26)27-14-20-18-11-7-5-9-16(18)17-10-6-8-12-19(17)20/h5-12,20-21H,13-14H2,1-4H3,(H,24,26)/t21-/m1/s1. The third kappa shape index (κ3) is 4.35. The van der Waals surface area contributed by atoms with E-state index in [0.717, 1.165) is 0 Å². The van der Waals surface area contributed by atoms with Crippen molar-refractivity contribution in [2.45, 2.75) is 39.7 Å². The van der Waals surface area contributed by atoms with E-state index in [9.17, 15) is 9.59 Å². The lowest BCUT2D eigenvalue weighted by molar-refractivity contribution is -0.151. The lowest BCUT2D eigenvalue weighted by Crippen LogP contribution is -2.42. The molecule has 2 aromatic rings. The van der Waals surface area contributed by atoms with Gasteiger partial charge in [0.25, 0.3) is 0 Å². The molecule has 0 heterocycles. The number of fused-ring (bicyclic) bond motifs is 3. The molecule has 1 aliphatic carbocycles. The van der Waals surface area contributed by atoms with E-state index in [2.05, 4.69) is 29.6 Å². The molecule has 0 radical (unpaired) electrons. The van der Waals surface area contributed by atoms with E-state index in [1.54, 1.807) is 0 Å². The van der Waals surface area contributed by atoms with Gasteiger partial charge < -0.3 is 14.8 Å². The zero-order chi connectivity index (χ0) is 20.3. The zero-order valence-corrected chi connectivity index (χ0v) is 16.8. The van der Waals surface area contributed by atoms with Gasteiger partial charge in [-0.2, -0.15) is 0 Å². The summed E-state index contributed by atoms with van der Waals surface area (Å²) in [5.74, 6) is -0.348. The molecule has 1 aliphatic rings. The Kier molecular flexibility index (Phi) is 5.73. The van der Waals surface area contributed by atoms with Gasteiger partial charge in [-0.05, 0) is 22.3 Å². The summed E-state index contributed by atoms with van der Waals surface area (Å²) in [4.78, 5) is 23.6. The van der Waals surface area contributed by atoms with E-state index in [1.165, 1.54) is 29.2 Å². The van der Waals surface area contributed by atoms with Crippen LogP contribution in [0.25, 0.3) is 11.1 Å². The van der Waals surface area contributed by atoms with Crippen molar-refractivity contribution in [3.05, 3.63) is 59.7 Å². The van der Waals surface area contributed by atoms with Crippen molar-refractivity contribution in [3.63, 3.8) is 0 Å². The predicted octanol–water partition coefficient (Wildman–Crippen LogP) is 4.50. The lowest BCUT2D eigenvalue weighted by atomic mass is 9.89. The van der Waals surface area contributed by atoms with Gasteiger partial charge in [0.05, 0.1) is 6.54 Å². The number of carbonyl (C=O) groups excluding carboxylic acids is 2. The molecule has 0 aromatic heterocycles. The topological polar surface area (TPSA) is 64.6 Å². The quantitative estimate of drug-likeness (QED) is 0.775. The Morgan fingerprint density at radius 1 is 1.00 bits per heavy atom. The second kappa shape index (κ2) is 8.05. The third-order valence-corrected chi connectivity index (χ3v) is 5.05. The van der Waals surface area contributed by atoms with E-state index in [0.29, 0.717) is 0 Å². The monoisotopic (exact) mass is 381 g/mol. The molecular formula is C23H27NO4. The van der Waals surface area contributed by atoms with Gasteiger partial charge in [-0.15, -0.1) is 0 Å². The van der Waals surface area contributed by atoms with E-state index in [4.69, 9.17) is 9.47 Å². The fourth-order valence-electron chi connectivity index (χ4n) is 3.55. The molecule has 1 N–H and O–H groups in total. The highest BCUT2D eigenvalue weighted by Gasteiger charge is 2.30. The van der Waals surface area contributed by atoms with Gasteiger partial charge in [0, 0.05) is 18.3 Å². The number of ether oxygens (including phenoxy) is 2.